The van der Waals surface area contributed by atoms with Crippen LogP contribution in [0.4, 0.5) is 0 Å². The summed E-state index contributed by atoms with van der Waals surface area (Å²) in [6, 6.07) is 28.0. The fourth-order valence-electron chi connectivity index (χ4n) is 3.46. The van der Waals surface area contributed by atoms with E-state index in [9.17, 15) is 0 Å². The Bertz CT molecular complexity index is 994. The third kappa shape index (κ3) is 5.66. The first-order chi connectivity index (χ1) is 14.3. The van der Waals surface area contributed by atoms with Crippen LogP contribution in [0.15, 0.2) is 95.9 Å². The van der Waals surface area contributed by atoms with Gasteiger partial charge in [0.25, 0.3) is 0 Å². The summed E-state index contributed by atoms with van der Waals surface area (Å²) in [6.45, 7) is 2.75. The van der Waals surface area contributed by atoms with Crippen molar-refractivity contribution >= 4 is 15.9 Å². The molecular formula is C25H24BrN3. The monoisotopic (exact) mass is 445 g/mol. The molecule has 0 fully saturated rings. The Morgan fingerprint density at radius 1 is 0.759 bits per heavy atom. The summed E-state index contributed by atoms with van der Waals surface area (Å²) in [5.74, 6) is 0. The molecule has 0 unspecified atom stereocenters. The van der Waals surface area contributed by atoms with E-state index >= 15 is 0 Å². The lowest BCUT2D eigenvalue weighted by atomic mass is 10.0. The van der Waals surface area contributed by atoms with Gasteiger partial charge >= 0.3 is 0 Å². The second-order valence-electron chi connectivity index (χ2n) is 7.23. The van der Waals surface area contributed by atoms with E-state index in [0.29, 0.717) is 0 Å². The third-order valence-corrected chi connectivity index (χ3v) is 5.57. The van der Waals surface area contributed by atoms with Gasteiger partial charge in [-0.3, -0.25) is 4.90 Å². The minimum atomic E-state index is 0.858. The predicted octanol–water partition coefficient (Wildman–Crippen LogP) is 6.08. The van der Waals surface area contributed by atoms with Crippen LogP contribution in [0.1, 0.15) is 16.8 Å². The van der Waals surface area contributed by atoms with Gasteiger partial charge in [-0.05, 0) is 40.8 Å². The molecule has 0 bridgehead atoms. The molecule has 0 saturated carbocycles. The molecule has 1 aromatic heterocycles. The lowest BCUT2D eigenvalue weighted by molar-refractivity contribution is 0.257. The van der Waals surface area contributed by atoms with Crippen molar-refractivity contribution in [2.24, 2.45) is 0 Å². The van der Waals surface area contributed by atoms with Crippen molar-refractivity contribution < 1.29 is 0 Å². The van der Waals surface area contributed by atoms with Crippen molar-refractivity contribution in [2.45, 2.75) is 19.5 Å². The van der Waals surface area contributed by atoms with E-state index in [1.807, 2.05) is 6.20 Å². The Balaban J connectivity index is 1.44. The topological polar surface area (TPSA) is 31.9 Å². The molecule has 146 valence electrons. The van der Waals surface area contributed by atoms with Crippen LogP contribution < -0.4 is 0 Å². The van der Waals surface area contributed by atoms with Crippen LogP contribution in [0, 0.1) is 0 Å². The maximum Gasteiger partial charge on any atom is 0.0922 e. The molecule has 0 aliphatic carbocycles. The van der Waals surface area contributed by atoms with Crippen molar-refractivity contribution in [3.05, 3.63) is 113 Å². The van der Waals surface area contributed by atoms with Gasteiger partial charge in [-0.15, -0.1) is 0 Å². The van der Waals surface area contributed by atoms with Crippen molar-refractivity contribution in [1.29, 1.82) is 0 Å². The summed E-state index contributed by atoms with van der Waals surface area (Å²) < 4.78 is 1.12. The molecule has 0 atom stereocenters. The number of hydrogen-bond donors (Lipinski definition) is 1. The first-order valence-electron chi connectivity index (χ1n) is 9.85. The first kappa shape index (κ1) is 19.6. The van der Waals surface area contributed by atoms with Crippen molar-refractivity contribution in [3.8, 4) is 11.1 Å². The van der Waals surface area contributed by atoms with Crippen LogP contribution in [0.3, 0.4) is 0 Å². The van der Waals surface area contributed by atoms with E-state index in [2.05, 4.69) is 110 Å². The molecule has 0 radical (unpaired) electrons. The van der Waals surface area contributed by atoms with E-state index in [0.717, 1.165) is 36.2 Å². The zero-order valence-electron chi connectivity index (χ0n) is 16.3. The maximum atomic E-state index is 4.17. The molecule has 4 aromatic rings. The number of H-pyrrole nitrogens is 1. The standard InChI is InChI=1S/C25H24BrN3/c26-24-12-8-20(9-13-24)14-15-29(18-25-16-27-19-28-25)17-21-6-10-23(11-7-21)22-4-2-1-3-5-22/h1-13,16,19H,14-15,17-18H2,(H,27,28). The summed E-state index contributed by atoms with van der Waals surface area (Å²) >= 11 is 3.51. The highest BCUT2D eigenvalue weighted by Gasteiger charge is 2.09. The van der Waals surface area contributed by atoms with Gasteiger partial charge in [-0.25, -0.2) is 4.98 Å². The average Bonchev–Trinajstić information content (AvgIpc) is 3.27. The van der Waals surface area contributed by atoms with Gasteiger partial charge in [-0.1, -0.05) is 82.7 Å². The molecule has 29 heavy (non-hydrogen) atoms. The lowest BCUT2D eigenvalue weighted by Crippen LogP contribution is -2.25. The number of nitrogens with one attached hydrogen (secondary N) is 1. The van der Waals surface area contributed by atoms with Gasteiger partial charge in [0.2, 0.25) is 0 Å². The summed E-state index contributed by atoms with van der Waals surface area (Å²) in [4.78, 5) is 9.86. The van der Waals surface area contributed by atoms with Crippen LogP contribution >= 0.6 is 15.9 Å². The molecule has 0 spiro atoms. The molecule has 1 N–H and O–H groups in total. The fraction of sp³-hybridized carbons (Fsp3) is 0.160. The van der Waals surface area contributed by atoms with E-state index in [4.69, 9.17) is 0 Å². The number of imidazole rings is 1. The Morgan fingerprint density at radius 2 is 1.45 bits per heavy atom. The second-order valence-corrected chi connectivity index (χ2v) is 8.14. The normalized spacial score (nSPS) is 11.1. The number of halogens is 1. The van der Waals surface area contributed by atoms with Gasteiger partial charge in [-0.2, -0.15) is 0 Å². The van der Waals surface area contributed by atoms with Gasteiger partial charge in [0.15, 0.2) is 0 Å². The van der Waals surface area contributed by atoms with E-state index in [1.165, 1.54) is 22.3 Å². The van der Waals surface area contributed by atoms with E-state index < -0.39 is 0 Å². The van der Waals surface area contributed by atoms with Crippen molar-refractivity contribution in [2.75, 3.05) is 6.54 Å². The highest BCUT2D eigenvalue weighted by molar-refractivity contribution is 9.10. The van der Waals surface area contributed by atoms with Crippen LogP contribution in [0.5, 0.6) is 0 Å². The first-order valence-corrected chi connectivity index (χ1v) is 10.6. The largest absolute Gasteiger partial charge is 0.347 e. The predicted molar refractivity (Wildman–Crippen MR) is 122 cm³/mol. The second kappa shape index (κ2) is 9.68. The highest BCUT2D eigenvalue weighted by atomic mass is 79.9. The number of nitrogens with zero attached hydrogens (tertiary/aromatic N) is 2. The number of hydrogen-bond acceptors (Lipinski definition) is 2. The van der Waals surface area contributed by atoms with Crippen molar-refractivity contribution in [3.63, 3.8) is 0 Å². The molecule has 0 aliphatic rings. The van der Waals surface area contributed by atoms with Crippen LogP contribution in [0.25, 0.3) is 11.1 Å². The van der Waals surface area contributed by atoms with E-state index in [-0.39, 0.29) is 0 Å². The zero-order chi connectivity index (χ0) is 19.9. The van der Waals surface area contributed by atoms with Crippen molar-refractivity contribution in [1.82, 2.24) is 14.9 Å². The Morgan fingerprint density at radius 3 is 2.14 bits per heavy atom. The third-order valence-electron chi connectivity index (χ3n) is 5.05. The molecule has 3 aromatic carbocycles. The highest BCUT2D eigenvalue weighted by Crippen LogP contribution is 2.20. The molecular weight excluding hydrogens is 422 g/mol. The molecule has 1 heterocycles. The summed E-state index contributed by atoms with van der Waals surface area (Å²) in [5, 5.41) is 0. The number of rotatable bonds is 8. The minimum absolute atomic E-state index is 0.858. The maximum absolute atomic E-state index is 4.17. The zero-order valence-corrected chi connectivity index (χ0v) is 17.8. The molecule has 0 saturated heterocycles. The lowest BCUT2D eigenvalue weighted by Gasteiger charge is -2.22. The number of aromatic nitrogens is 2. The molecule has 4 rings (SSSR count). The molecule has 0 amide bonds. The number of benzene rings is 3. The Hall–Kier alpha value is -2.69. The minimum Gasteiger partial charge on any atom is -0.347 e. The summed E-state index contributed by atoms with van der Waals surface area (Å²) in [7, 11) is 0. The quantitative estimate of drug-likeness (QED) is 0.356. The van der Waals surface area contributed by atoms with Crippen LogP contribution in [0.2, 0.25) is 0 Å². The summed E-state index contributed by atoms with van der Waals surface area (Å²) in [5.41, 5.74) is 6.32. The SMILES string of the molecule is Brc1ccc(CCN(Cc2ccc(-c3ccccc3)cc2)Cc2cnc[nH]2)cc1. The molecule has 0 aliphatic heterocycles. The van der Waals surface area contributed by atoms with E-state index in [1.54, 1.807) is 6.33 Å². The molecule has 3 nitrogen and oxygen atoms in total. The Kier molecular flexibility index (Phi) is 6.55. The van der Waals surface area contributed by atoms with Gasteiger partial charge < -0.3 is 4.98 Å². The summed E-state index contributed by atoms with van der Waals surface area (Å²) in [6.07, 6.45) is 4.67. The smallest absolute Gasteiger partial charge is 0.0922 e. The van der Waals surface area contributed by atoms with Gasteiger partial charge in [0, 0.05) is 36.0 Å². The average molecular weight is 446 g/mol. The van der Waals surface area contributed by atoms with Crippen LogP contribution in [-0.4, -0.2) is 21.4 Å². The van der Waals surface area contributed by atoms with Gasteiger partial charge in [0.05, 0.1) is 6.33 Å². The fourth-order valence-corrected chi connectivity index (χ4v) is 3.72. The molecule has 4 heteroatoms. The number of aromatic amines is 1. The Labute approximate surface area is 180 Å². The van der Waals surface area contributed by atoms with Gasteiger partial charge in [0.1, 0.15) is 0 Å². The van der Waals surface area contributed by atoms with Crippen LogP contribution in [-0.2, 0) is 19.5 Å².